The first kappa shape index (κ1) is 14.6. The van der Waals surface area contributed by atoms with Crippen molar-refractivity contribution in [2.24, 2.45) is 5.92 Å². The van der Waals surface area contributed by atoms with Crippen molar-refractivity contribution >= 4 is 5.91 Å². The molecule has 0 aliphatic heterocycles. The molecule has 1 rings (SSSR count). The second-order valence-corrected chi connectivity index (χ2v) is 4.91. The topological polar surface area (TPSA) is 29.1 Å². The van der Waals surface area contributed by atoms with Gasteiger partial charge in [0.1, 0.15) is 11.6 Å². The molecule has 0 aliphatic carbocycles. The van der Waals surface area contributed by atoms with E-state index in [-0.39, 0.29) is 18.2 Å². The monoisotopic (exact) mass is 255 g/mol. The van der Waals surface area contributed by atoms with Crippen LogP contribution < -0.4 is 5.32 Å². The maximum absolute atomic E-state index is 13.2. The zero-order valence-corrected chi connectivity index (χ0v) is 11.0. The zero-order valence-electron chi connectivity index (χ0n) is 11.0. The third kappa shape index (κ3) is 4.43. The molecule has 2 nitrogen and oxygen atoms in total. The smallest absolute Gasteiger partial charge is 0.220 e. The average molecular weight is 255 g/mol. The summed E-state index contributed by atoms with van der Waals surface area (Å²) in [5.74, 6) is -1.13. The molecule has 1 atom stereocenters. The van der Waals surface area contributed by atoms with Crippen LogP contribution in [0, 0.1) is 17.6 Å². The molecular formula is C14H19F2NO. The van der Waals surface area contributed by atoms with E-state index >= 15 is 0 Å². The second kappa shape index (κ2) is 6.47. The summed E-state index contributed by atoms with van der Waals surface area (Å²) in [6, 6.07) is 3.45. The first-order valence-corrected chi connectivity index (χ1v) is 6.09. The van der Waals surface area contributed by atoms with Crippen molar-refractivity contribution in [3.63, 3.8) is 0 Å². The van der Waals surface area contributed by atoms with Gasteiger partial charge in [0.15, 0.2) is 0 Å². The molecular weight excluding hydrogens is 236 g/mol. The Morgan fingerprint density at radius 2 is 1.78 bits per heavy atom. The largest absolute Gasteiger partial charge is 0.359 e. The molecule has 1 aromatic rings. The lowest BCUT2D eigenvalue weighted by molar-refractivity contribution is -0.121. The van der Waals surface area contributed by atoms with Crippen molar-refractivity contribution in [3.8, 4) is 0 Å². The van der Waals surface area contributed by atoms with Crippen LogP contribution in [0.4, 0.5) is 8.78 Å². The van der Waals surface area contributed by atoms with Crippen LogP contribution in [0.25, 0.3) is 0 Å². The molecule has 4 heteroatoms. The summed E-state index contributed by atoms with van der Waals surface area (Å²) >= 11 is 0. The summed E-state index contributed by atoms with van der Waals surface area (Å²) in [6.07, 6.45) is 0.966. The molecule has 0 fully saturated rings. The summed E-state index contributed by atoms with van der Waals surface area (Å²) in [5, 5.41) is 2.54. The Morgan fingerprint density at radius 1 is 1.22 bits per heavy atom. The standard InChI is InChI=1S/C14H19F2NO/c1-9(2)4-10(7-14(18)17-3)11-5-12(15)8-13(16)6-11/h5-6,8-10H,4,7H2,1-3H3,(H,17,18). The van der Waals surface area contributed by atoms with E-state index in [4.69, 9.17) is 0 Å². The molecule has 0 aromatic heterocycles. The lowest BCUT2D eigenvalue weighted by atomic mass is 9.87. The van der Waals surface area contributed by atoms with Crippen LogP contribution in [-0.2, 0) is 4.79 Å². The SMILES string of the molecule is CNC(=O)CC(CC(C)C)c1cc(F)cc(F)c1. The van der Waals surface area contributed by atoms with E-state index in [1.165, 1.54) is 12.1 Å². The molecule has 1 unspecified atom stereocenters. The van der Waals surface area contributed by atoms with E-state index in [1.807, 2.05) is 13.8 Å². The van der Waals surface area contributed by atoms with Crippen LogP contribution in [0.5, 0.6) is 0 Å². The van der Waals surface area contributed by atoms with Crippen LogP contribution in [0.3, 0.4) is 0 Å². The molecule has 0 heterocycles. The van der Waals surface area contributed by atoms with Gasteiger partial charge in [-0.2, -0.15) is 0 Å². The highest BCUT2D eigenvalue weighted by Crippen LogP contribution is 2.28. The molecule has 100 valence electrons. The molecule has 1 N–H and O–H groups in total. The maximum atomic E-state index is 13.2. The van der Waals surface area contributed by atoms with Crippen molar-refractivity contribution in [1.29, 1.82) is 0 Å². The third-order valence-corrected chi connectivity index (χ3v) is 2.82. The Balaban J connectivity index is 2.96. The van der Waals surface area contributed by atoms with Gasteiger partial charge in [-0.05, 0) is 36.0 Å². The summed E-state index contributed by atoms with van der Waals surface area (Å²) in [5.41, 5.74) is 0.546. The number of hydrogen-bond donors (Lipinski definition) is 1. The van der Waals surface area contributed by atoms with Crippen molar-refractivity contribution in [2.75, 3.05) is 7.05 Å². The van der Waals surface area contributed by atoms with Gasteiger partial charge >= 0.3 is 0 Å². The average Bonchev–Trinajstić information content (AvgIpc) is 2.26. The Bertz CT molecular complexity index is 398. The number of amides is 1. The minimum atomic E-state index is -0.601. The lowest BCUT2D eigenvalue weighted by Gasteiger charge is -2.19. The lowest BCUT2D eigenvalue weighted by Crippen LogP contribution is -2.21. The number of hydrogen-bond acceptors (Lipinski definition) is 1. The van der Waals surface area contributed by atoms with Gasteiger partial charge in [-0.1, -0.05) is 13.8 Å². The summed E-state index contributed by atoms with van der Waals surface area (Å²) in [7, 11) is 1.56. The normalized spacial score (nSPS) is 12.6. The first-order chi connectivity index (χ1) is 8.42. The van der Waals surface area contributed by atoms with Gasteiger partial charge < -0.3 is 5.32 Å². The third-order valence-electron chi connectivity index (χ3n) is 2.82. The summed E-state index contributed by atoms with van der Waals surface area (Å²) in [6.45, 7) is 4.04. The minimum Gasteiger partial charge on any atom is -0.359 e. The van der Waals surface area contributed by atoms with Gasteiger partial charge in [0, 0.05) is 19.5 Å². The number of rotatable bonds is 5. The van der Waals surface area contributed by atoms with E-state index < -0.39 is 11.6 Å². The Morgan fingerprint density at radius 3 is 2.22 bits per heavy atom. The van der Waals surface area contributed by atoms with Crippen LogP contribution in [0.15, 0.2) is 18.2 Å². The molecule has 18 heavy (non-hydrogen) atoms. The van der Waals surface area contributed by atoms with Crippen LogP contribution >= 0.6 is 0 Å². The van der Waals surface area contributed by atoms with E-state index in [1.54, 1.807) is 7.05 Å². The highest BCUT2D eigenvalue weighted by atomic mass is 19.1. The zero-order chi connectivity index (χ0) is 13.7. The summed E-state index contributed by atoms with van der Waals surface area (Å²) in [4.78, 5) is 11.4. The van der Waals surface area contributed by atoms with Gasteiger partial charge in [-0.25, -0.2) is 8.78 Å². The van der Waals surface area contributed by atoms with Gasteiger partial charge in [-0.3, -0.25) is 4.79 Å². The summed E-state index contributed by atoms with van der Waals surface area (Å²) < 4.78 is 26.4. The molecule has 0 bridgehead atoms. The molecule has 0 saturated carbocycles. The number of nitrogens with one attached hydrogen (secondary N) is 1. The molecule has 0 saturated heterocycles. The molecule has 1 amide bonds. The van der Waals surface area contributed by atoms with E-state index in [0.29, 0.717) is 11.5 Å². The van der Waals surface area contributed by atoms with Gasteiger partial charge in [0.05, 0.1) is 0 Å². The van der Waals surface area contributed by atoms with Crippen LogP contribution in [-0.4, -0.2) is 13.0 Å². The molecule has 0 spiro atoms. The number of carbonyl (C=O) groups excluding carboxylic acids is 1. The fourth-order valence-electron chi connectivity index (χ4n) is 2.04. The van der Waals surface area contributed by atoms with Gasteiger partial charge in [0.2, 0.25) is 5.91 Å². The van der Waals surface area contributed by atoms with Crippen molar-refractivity contribution in [1.82, 2.24) is 5.32 Å². The van der Waals surface area contributed by atoms with E-state index in [9.17, 15) is 13.6 Å². The Labute approximate surface area is 106 Å². The number of halogens is 2. The minimum absolute atomic E-state index is 0.120. The predicted molar refractivity (Wildman–Crippen MR) is 67.2 cm³/mol. The van der Waals surface area contributed by atoms with Crippen molar-refractivity contribution < 1.29 is 13.6 Å². The van der Waals surface area contributed by atoms with Crippen molar-refractivity contribution in [2.45, 2.75) is 32.6 Å². The van der Waals surface area contributed by atoms with E-state index in [0.717, 1.165) is 12.5 Å². The molecule has 1 aromatic carbocycles. The van der Waals surface area contributed by atoms with Gasteiger partial charge in [0.25, 0.3) is 0 Å². The quantitative estimate of drug-likeness (QED) is 0.860. The second-order valence-electron chi connectivity index (χ2n) is 4.91. The first-order valence-electron chi connectivity index (χ1n) is 6.09. The van der Waals surface area contributed by atoms with Crippen molar-refractivity contribution in [3.05, 3.63) is 35.4 Å². The number of benzene rings is 1. The molecule has 0 radical (unpaired) electrons. The number of carbonyl (C=O) groups is 1. The molecule has 0 aliphatic rings. The Kier molecular flexibility index (Phi) is 5.25. The fourth-order valence-corrected chi connectivity index (χ4v) is 2.04. The highest BCUT2D eigenvalue weighted by molar-refractivity contribution is 5.76. The Hall–Kier alpha value is -1.45. The maximum Gasteiger partial charge on any atom is 0.220 e. The fraction of sp³-hybridized carbons (Fsp3) is 0.500. The highest BCUT2D eigenvalue weighted by Gasteiger charge is 2.18. The van der Waals surface area contributed by atoms with E-state index in [2.05, 4.69) is 5.32 Å². The van der Waals surface area contributed by atoms with Crippen LogP contribution in [0.2, 0.25) is 0 Å². The predicted octanol–water partition coefficient (Wildman–Crippen LogP) is 3.23. The van der Waals surface area contributed by atoms with Gasteiger partial charge in [-0.15, -0.1) is 0 Å². The van der Waals surface area contributed by atoms with Crippen LogP contribution in [0.1, 0.15) is 38.2 Å².